The Balaban J connectivity index is 2.63. The van der Waals surface area contributed by atoms with Crippen LogP contribution in [0.3, 0.4) is 0 Å². The molecule has 0 saturated heterocycles. The maximum absolute atomic E-state index is 12.8. The number of halogens is 1. The predicted octanol–water partition coefficient (Wildman–Crippen LogP) is 3.60. The van der Waals surface area contributed by atoms with Crippen molar-refractivity contribution >= 4 is 17.6 Å². The van der Waals surface area contributed by atoms with E-state index in [1.165, 1.54) is 0 Å². The van der Waals surface area contributed by atoms with Crippen molar-refractivity contribution < 1.29 is 9.53 Å². The number of carbonyl (C=O) groups is 1. The van der Waals surface area contributed by atoms with Crippen molar-refractivity contribution in [3.63, 3.8) is 0 Å². The van der Waals surface area contributed by atoms with Gasteiger partial charge in [0.2, 0.25) is 0 Å². The lowest BCUT2D eigenvalue weighted by Gasteiger charge is -2.44. The first-order valence-corrected chi connectivity index (χ1v) is 7.71. The van der Waals surface area contributed by atoms with E-state index >= 15 is 0 Å². The molecule has 0 unspecified atom stereocenters. The summed E-state index contributed by atoms with van der Waals surface area (Å²) in [7, 11) is 0. The fraction of sp³-hybridized carbons (Fsp3) is 0.471. The molecule has 0 bridgehead atoms. The monoisotopic (exact) mass is 316 g/mol. The third-order valence-corrected chi connectivity index (χ3v) is 4.65. The first-order valence-electron chi connectivity index (χ1n) is 7.33. The molecule has 1 aliphatic carbocycles. The van der Waals surface area contributed by atoms with Crippen LogP contribution in [-0.2, 0) is 14.9 Å². The molecule has 0 spiro atoms. The molecule has 0 aromatic heterocycles. The van der Waals surface area contributed by atoms with Gasteiger partial charge in [-0.1, -0.05) is 30.2 Å². The number of nitriles is 2. The molecule has 2 rings (SSSR count). The van der Waals surface area contributed by atoms with E-state index in [1.807, 2.05) is 12.1 Å². The normalized spacial score (nSPS) is 17.0. The van der Waals surface area contributed by atoms with Crippen LogP contribution in [0.1, 0.15) is 31.7 Å². The zero-order valence-electron chi connectivity index (χ0n) is 12.4. The molecule has 0 N–H and O–H groups in total. The van der Waals surface area contributed by atoms with Crippen LogP contribution in [0.25, 0.3) is 0 Å². The van der Waals surface area contributed by atoms with E-state index in [-0.39, 0.29) is 12.5 Å². The molecule has 1 saturated carbocycles. The van der Waals surface area contributed by atoms with Crippen LogP contribution >= 0.6 is 11.6 Å². The molecule has 1 aliphatic rings. The van der Waals surface area contributed by atoms with E-state index < -0.39 is 17.3 Å². The van der Waals surface area contributed by atoms with E-state index in [2.05, 4.69) is 0 Å². The quantitative estimate of drug-likeness (QED) is 0.778. The fourth-order valence-corrected chi connectivity index (χ4v) is 3.24. The minimum atomic E-state index is -1.23. The second kappa shape index (κ2) is 6.81. The van der Waals surface area contributed by atoms with Gasteiger partial charge in [-0.2, -0.15) is 10.5 Å². The minimum Gasteiger partial charge on any atom is -0.465 e. The van der Waals surface area contributed by atoms with E-state index in [1.54, 1.807) is 31.2 Å². The molecule has 0 heterocycles. The van der Waals surface area contributed by atoms with Crippen LogP contribution in [-0.4, -0.2) is 12.6 Å². The van der Waals surface area contributed by atoms with Gasteiger partial charge in [0.1, 0.15) is 5.41 Å². The van der Waals surface area contributed by atoms with Crippen molar-refractivity contribution in [3.05, 3.63) is 34.9 Å². The maximum atomic E-state index is 12.8. The van der Waals surface area contributed by atoms with Crippen molar-refractivity contribution in [1.29, 1.82) is 10.5 Å². The highest BCUT2D eigenvalue weighted by Crippen LogP contribution is 2.49. The summed E-state index contributed by atoms with van der Waals surface area (Å²) in [6.45, 7) is 1.93. The van der Waals surface area contributed by atoms with E-state index in [0.29, 0.717) is 10.6 Å². The summed E-state index contributed by atoms with van der Waals surface area (Å²) in [5.41, 5.74) is -0.601. The fourth-order valence-electron chi connectivity index (χ4n) is 3.11. The highest BCUT2D eigenvalue weighted by molar-refractivity contribution is 6.30. The van der Waals surface area contributed by atoms with Gasteiger partial charge in [-0.15, -0.1) is 0 Å². The predicted molar refractivity (Wildman–Crippen MR) is 81.8 cm³/mol. The summed E-state index contributed by atoms with van der Waals surface area (Å²) in [5.74, 6) is -1.63. The van der Waals surface area contributed by atoms with Crippen LogP contribution < -0.4 is 0 Å². The molecule has 114 valence electrons. The Bertz CT molecular complexity index is 612. The van der Waals surface area contributed by atoms with Gasteiger partial charge in [0.05, 0.1) is 18.7 Å². The van der Waals surface area contributed by atoms with Crippen LogP contribution in [0.5, 0.6) is 0 Å². The minimum absolute atomic E-state index is 0.0583. The summed E-state index contributed by atoms with van der Waals surface area (Å²) < 4.78 is 5.26. The van der Waals surface area contributed by atoms with Crippen LogP contribution in [0, 0.1) is 34.5 Å². The zero-order chi connectivity index (χ0) is 16.2. The Hall–Kier alpha value is -2.04. The second-order valence-electron chi connectivity index (χ2n) is 5.42. The SMILES string of the molecule is CCOC(=O)[C@](c1ccc(Cl)cc1)(C(C#N)C#N)C1CCC1. The molecule has 5 heteroatoms. The Labute approximate surface area is 135 Å². The van der Waals surface area contributed by atoms with Gasteiger partial charge in [0.25, 0.3) is 0 Å². The van der Waals surface area contributed by atoms with Gasteiger partial charge in [-0.3, -0.25) is 4.79 Å². The first kappa shape index (κ1) is 16.3. The van der Waals surface area contributed by atoms with Crippen molar-refractivity contribution in [2.75, 3.05) is 6.61 Å². The summed E-state index contributed by atoms with van der Waals surface area (Å²) in [6, 6.07) is 10.8. The van der Waals surface area contributed by atoms with E-state index in [4.69, 9.17) is 16.3 Å². The van der Waals surface area contributed by atoms with Crippen molar-refractivity contribution in [1.82, 2.24) is 0 Å². The van der Waals surface area contributed by atoms with E-state index in [0.717, 1.165) is 19.3 Å². The maximum Gasteiger partial charge on any atom is 0.319 e. The summed E-state index contributed by atoms with van der Waals surface area (Å²) >= 11 is 5.93. The number of nitrogens with zero attached hydrogens (tertiary/aromatic N) is 2. The lowest BCUT2D eigenvalue weighted by molar-refractivity contribution is -0.155. The van der Waals surface area contributed by atoms with Crippen molar-refractivity contribution in [3.8, 4) is 12.1 Å². The van der Waals surface area contributed by atoms with Gasteiger partial charge in [-0.25, -0.2) is 0 Å². The molecule has 0 aliphatic heterocycles. The third kappa shape index (κ3) is 2.56. The molecule has 0 radical (unpaired) electrons. The van der Waals surface area contributed by atoms with Gasteiger partial charge < -0.3 is 4.74 Å². The average Bonchev–Trinajstić information content (AvgIpc) is 2.46. The van der Waals surface area contributed by atoms with Crippen LogP contribution in [0.4, 0.5) is 0 Å². The number of benzene rings is 1. The molecular formula is C17H17ClN2O2. The van der Waals surface area contributed by atoms with Gasteiger partial charge in [-0.05, 0) is 43.4 Å². The Morgan fingerprint density at radius 1 is 1.36 bits per heavy atom. The van der Waals surface area contributed by atoms with Gasteiger partial charge in [0.15, 0.2) is 5.92 Å². The third-order valence-electron chi connectivity index (χ3n) is 4.40. The zero-order valence-corrected chi connectivity index (χ0v) is 13.1. The smallest absolute Gasteiger partial charge is 0.319 e. The highest BCUT2D eigenvalue weighted by Gasteiger charge is 2.56. The van der Waals surface area contributed by atoms with Gasteiger partial charge >= 0.3 is 5.97 Å². The lowest BCUT2D eigenvalue weighted by atomic mass is 9.56. The summed E-state index contributed by atoms with van der Waals surface area (Å²) in [5, 5.41) is 19.5. The summed E-state index contributed by atoms with van der Waals surface area (Å²) in [6.07, 6.45) is 2.60. The standard InChI is InChI=1S/C17H17ClN2O2/c1-2-22-16(21)17(12-4-3-5-12,14(10-19)11-20)13-6-8-15(18)9-7-13/h6-9,12,14H,2-5H2,1H3/t17-/m1/s1. The highest BCUT2D eigenvalue weighted by atomic mass is 35.5. The van der Waals surface area contributed by atoms with Crippen LogP contribution in [0.15, 0.2) is 24.3 Å². The van der Waals surface area contributed by atoms with Crippen molar-refractivity contribution in [2.45, 2.75) is 31.6 Å². The second-order valence-corrected chi connectivity index (χ2v) is 5.85. The topological polar surface area (TPSA) is 73.9 Å². The van der Waals surface area contributed by atoms with Crippen LogP contribution in [0.2, 0.25) is 5.02 Å². The molecule has 1 atom stereocenters. The number of rotatable bonds is 5. The number of esters is 1. The lowest BCUT2D eigenvalue weighted by Crippen LogP contribution is -2.51. The van der Waals surface area contributed by atoms with Crippen molar-refractivity contribution in [2.24, 2.45) is 11.8 Å². The molecule has 0 amide bonds. The number of carbonyl (C=O) groups excluding carboxylic acids is 1. The average molecular weight is 317 g/mol. The largest absolute Gasteiger partial charge is 0.465 e. The Morgan fingerprint density at radius 3 is 2.36 bits per heavy atom. The molecule has 1 fully saturated rings. The molecule has 4 nitrogen and oxygen atoms in total. The summed E-state index contributed by atoms with van der Waals surface area (Å²) in [4.78, 5) is 12.8. The molecule has 22 heavy (non-hydrogen) atoms. The molecular weight excluding hydrogens is 300 g/mol. The van der Waals surface area contributed by atoms with E-state index in [9.17, 15) is 15.3 Å². The number of ether oxygens (including phenoxy) is 1. The molecule has 1 aromatic rings. The number of hydrogen-bond acceptors (Lipinski definition) is 4. The molecule has 1 aromatic carbocycles. The number of hydrogen-bond donors (Lipinski definition) is 0. The first-order chi connectivity index (χ1) is 10.6. The Morgan fingerprint density at radius 2 is 1.95 bits per heavy atom. The van der Waals surface area contributed by atoms with Gasteiger partial charge in [0, 0.05) is 5.02 Å². The Kier molecular flexibility index (Phi) is 5.06.